The fourth-order valence-electron chi connectivity index (χ4n) is 2.71. The summed E-state index contributed by atoms with van der Waals surface area (Å²) >= 11 is 0. The standard InChI is InChI=1S/C18H18N2O5S/c1-25-15-5-3-2-4-13(15)18(22)20-26(23,24)16-9-8-12(11-6-7-11)10-14(16)17(19)21/h2-5,8-11H,6-7H2,1H3,(H2,19,21)(H,20,22). The van der Waals surface area contributed by atoms with Crippen LogP contribution in [-0.4, -0.2) is 27.3 Å². The number of methoxy groups -OCH3 is 1. The predicted octanol–water partition coefficient (Wildman–Crippen LogP) is 1.79. The topological polar surface area (TPSA) is 116 Å². The molecule has 136 valence electrons. The van der Waals surface area contributed by atoms with Crippen molar-refractivity contribution in [3.05, 3.63) is 59.2 Å². The minimum Gasteiger partial charge on any atom is -0.496 e. The summed E-state index contributed by atoms with van der Waals surface area (Å²) in [5.74, 6) is -1.16. The van der Waals surface area contributed by atoms with Crippen LogP contribution in [0.5, 0.6) is 5.75 Å². The number of carbonyl (C=O) groups is 2. The lowest BCUT2D eigenvalue weighted by Gasteiger charge is -2.12. The second kappa shape index (κ2) is 6.80. The van der Waals surface area contributed by atoms with Crippen LogP contribution in [0.15, 0.2) is 47.4 Å². The smallest absolute Gasteiger partial charge is 0.268 e. The van der Waals surface area contributed by atoms with E-state index in [4.69, 9.17) is 10.5 Å². The van der Waals surface area contributed by atoms with Gasteiger partial charge >= 0.3 is 0 Å². The lowest BCUT2D eigenvalue weighted by molar-refractivity contribution is 0.0972. The summed E-state index contributed by atoms with van der Waals surface area (Å²) in [7, 11) is -2.91. The zero-order chi connectivity index (χ0) is 18.9. The first-order valence-electron chi connectivity index (χ1n) is 7.97. The number of rotatable bonds is 6. The van der Waals surface area contributed by atoms with Gasteiger partial charge in [-0.15, -0.1) is 0 Å². The maximum absolute atomic E-state index is 12.7. The molecule has 0 spiro atoms. The summed E-state index contributed by atoms with van der Waals surface area (Å²) in [5.41, 5.74) is 6.16. The molecule has 2 aromatic carbocycles. The SMILES string of the molecule is COc1ccccc1C(=O)NS(=O)(=O)c1ccc(C2CC2)cc1C(N)=O. The van der Waals surface area contributed by atoms with E-state index in [9.17, 15) is 18.0 Å². The van der Waals surface area contributed by atoms with Gasteiger partial charge in [-0.3, -0.25) is 9.59 Å². The van der Waals surface area contributed by atoms with E-state index in [0.717, 1.165) is 18.4 Å². The van der Waals surface area contributed by atoms with E-state index in [1.54, 1.807) is 24.3 Å². The van der Waals surface area contributed by atoms with Gasteiger partial charge < -0.3 is 10.5 Å². The molecule has 0 atom stereocenters. The van der Waals surface area contributed by atoms with Crippen LogP contribution in [0.4, 0.5) is 0 Å². The van der Waals surface area contributed by atoms with Crippen molar-refractivity contribution in [1.82, 2.24) is 4.72 Å². The number of nitrogens with two attached hydrogens (primary N) is 1. The van der Waals surface area contributed by atoms with Gasteiger partial charge in [0.25, 0.3) is 15.9 Å². The van der Waals surface area contributed by atoms with Crippen molar-refractivity contribution in [2.24, 2.45) is 5.73 Å². The highest BCUT2D eigenvalue weighted by Crippen LogP contribution is 2.40. The van der Waals surface area contributed by atoms with Gasteiger partial charge in [0.1, 0.15) is 10.6 Å². The molecule has 0 bridgehead atoms. The Morgan fingerprint density at radius 2 is 1.81 bits per heavy atom. The lowest BCUT2D eigenvalue weighted by Crippen LogP contribution is -2.32. The van der Waals surface area contributed by atoms with Gasteiger partial charge in [0, 0.05) is 0 Å². The molecule has 1 aliphatic rings. The molecule has 1 aliphatic carbocycles. The molecule has 1 fully saturated rings. The largest absolute Gasteiger partial charge is 0.496 e. The Labute approximate surface area is 151 Å². The number of para-hydroxylation sites is 1. The molecule has 0 aliphatic heterocycles. The van der Waals surface area contributed by atoms with Crippen molar-refractivity contribution >= 4 is 21.8 Å². The Morgan fingerprint density at radius 3 is 2.42 bits per heavy atom. The zero-order valence-corrected chi connectivity index (χ0v) is 14.9. The summed E-state index contributed by atoms with van der Waals surface area (Å²) in [6, 6.07) is 10.7. The zero-order valence-electron chi connectivity index (χ0n) is 14.1. The fraction of sp³-hybridized carbons (Fsp3) is 0.222. The highest BCUT2D eigenvalue weighted by molar-refractivity contribution is 7.90. The number of ether oxygens (including phenoxy) is 1. The minimum absolute atomic E-state index is 0.0637. The van der Waals surface area contributed by atoms with Gasteiger partial charge in [0.15, 0.2) is 0 Å². The summed E-state index contributed by atoms with van der Waals surface area (Å²) in [6.45, 7) is 0. The first-order valence-corrected chi connectivity index (χ1v) is 9.45. The van der Waals surface area contributed by atoms with Crippen LogP contribution >= 0.6 is 0 Å². The summed E-state index contributed by atoms with van der Waals surface area (Å²) in [5, 5.41) is 0. The molecule has 0 unspecified atom stereocenters. The van der Waals surface area contributed by atoms with E-state index in [2.05, 4.69) is 0 Å². The summed E-state index contributed by atoms with van der Waals surface area (Å²) < 4.78 is 32.4. The molecule has 1 saturated carbocycles. The summed E-state index contributed by atoms with van der Waals surface area (Å²) in [6.07, 6.45) is 1.99. The molecule has 3 N–H and O–H groups in total. The Kier molecular flexibility index (Phi) is 4.69. The van der Waals surface area contributed by atoms with Crippen molar-refractivity contribution in [2.75, 3.05) is 7.11 Å². The van der Waals surface area contributed by atoms with E-state index in [1.807, 2.05) is 4.72 Å². The molecule has 26 heavy (non-hydrogen) atoms. The number of primary amides is 1. The number of amides is 2. The molecule has 2 aromatic rings. The molecule has 0 heterocycles. The average Bonchev–Trinajstić information content (AvgIpc) is 3.45. The molecule has 0 aromatic heterocycles. The van der Waals surface area contributed by atoms with E-state index < -0.39 is 21.8 Å². The molecular weight excluding hydrogens is 356 g/mol. The summed E-state index contributed by atoms with van der Waals surface area (Å²) in [4.78, 5) is 23.8. The highest BCUT2D eigenvalue weighted by Gasteiger charge is 2.29. The van der Waals surface area contributed by atoms with Gasteiger partial charge in [-0.05, 0) is 48.6 Å². The van der Waals surface area contributed by atoms with Crippen molar-refractivity contribution in [2.45, 2.75) is 23.7 Å². The lowest BCUT2D eigenvalue weighted by atomic mass is 10.1. The normalized spacial score (nSPS) is 13.9. The third kappa shape index (κ3) is 3.55. The van der Waals surface area contributed by atoms with Crippen LogP contribution in [-0.2, 0) is 10.0 Å². The number of hydrogen-bond donors (Lipinski definition) is 2. The Bertz CT molecular complexity index is 981. The number of carbonyl (C=O) groups excluding carboxylic acids is 2. The van der Waals surface area contributed by atoms with Crippen molar-refractivity contribution in [1.29, 1.82) is 0 Å². The fourth-order valence-corrected chi connectivity index (χ4v) is 3.87. The average molecular weight is 374 g/mol. The number of hydrogen-bond acceptors (Lipinski definition) is 5. The molecule has 0 radical (unpaired) electrons. The quantitative estimate of drug-likeness (QED) is 0.800. The molecule has 2 amide bonds. The Morgan fingerprint density at radius 1 is 1.12 bits per heavy atom. The minimum atomic E-state index is -4.29. The van der Waals surface area contributed by atoms with Crippen LogP contribution in [0.3, 0.4) is 0 Å². The number of sulfonamides is 1. The predicted molar refractivity (Wildman–Crippen MR) is 94.6 cm³/mol. The van der Waals surface area contributed by atoms with Crippen molar-refractivity contribution < 1.29 is 22.7 Å². The maximum atomic E-state index is 12.7. The number of nitrogens with one attached hydrogen (secondary N) is 1. The highest BCUT2D eigenvalue weighted by atomic mass is 32.2. The Balaban J connectivity index is 1.95. The van der Waals surface area contributed by atoms with Crippen LogP contribution in [0, 0.1) is 0 Å². The molecule has 3 rings (SSSR count). The Hall–Kier alpha value is -2.87. The van der Waals surface area contributed by atoms with E-state index in [-0.39, 0.29) is 21.8 Å². The second-order valence-electron chi connectivity index (χ2n) is 6.03. The first kappa shape index (κ1) is 17.9. The first-order chi connectivity index (χ1) is 12.3. The molecule has 8 heteroatoms. The van der Waals surface area contributed by atoms with E-state index in [1.165, 1.54) is 25.3 Å². The number of benzene rings is 2. The van der Waals surface area contributed by atoms with E-state index in [0.29, 0.717) is 5.92 Å². The van der Waals surface area contributed by atoms with Crippen LogP contribution in [0.25, 0.3) is 0 Å². The van der Waals surface area contributed by atoms with Crippen LogP contribution in [0.2, 0.25) is 0 Å². The molecule has 0 saturated heterocycles. The van der Waals surface area contributed by atoms with E-state index >= 15 is 0 Å². The molecular formula is C18H18N2O5S. The molecule has 7 nitrogen and oxygen atoms in total. The third-order valence-corrected chi connectivity index (χ3v) is 5.58. The van der Waals surface area contributed by atoms with Gasteiger partial charge in [0.2, 0.25) is 5.91 Å². The van der Waals surface area contributed by atoms with Gasteiger partial charge in [-0.1, -0.05) is 18.2 Å². The van der Waals surface area contributed by atoms with Gasteiger partial charge in [-0.25, -0.2) is 13.1 Å². The van der Waals surface area contributed by atoms with Gasteiger partial charge in [-0.2, -0.15) is 0 Å². The van der Waals surface area contributed by atoms with Gasteiger partial charge in [0.05, 0.1) is 18.2 Å². The van der Waals surface area contributed by atoms with Crippen molar-refractivity contribution in [3.63, 3.8) is 0 Å². The van der Waals surface area contributed by atoms with Crippen LogP contribution < -0.4 is 15.2 Å². The van der Waals surface area contributed by atoms with Crippen LogP contribution in [0.1, 0.15) is 45.0 Å². The monoisotopic (exact) mass is 374 g/mol. The third-order valence-electron chi connectivity index (χ3n) is 4.19. The second-order valence-corrected chi connectivity index (χ2v) is 7.68. The van der Waals surface area contributed by atoms with Crippen molar-refractivity contribution in [3.8, 4) is 5.75 Å². The maximum Gasteiger partial charge on any atom is 0.268 e.